The summed E-state index contributed by atoms with van der Waals surface area (Å²) in [4.78, 5) is 22.6. The molecule has 0 spiro atoms. The Balaban J connectivity index is 2.59. The van der Waals surface area contributed by atoms with Crippen molar-refractivity contribution in [2.75, 3.05) is 0 Å². The molecule has 1 atom stereocenters. The molecule has 0 saturated heterocycles. The predicted octanol–water partition coefficient (Wildman–Crippen LogP) is 2.10. The molecule has 1 aliphatic carbocycles. The first-order valence-electron chi connectivity index (χ1n) is 6.15. The third kappa shape index (κ3) is 3.58. The van der Waals surface area contributed by atoms with Crippen molar-refractivity contribution < 1.29 is 14.7 Å². The van der Waals surface area contributed by atoms with Gasteiger partial charge in [-0.15, -0.1) is 0 Å². The van der Waals surface area contributed by atoms with Crippen molar-refractivity contribution in [1.29, 1.82) is 0 Å². The molecule has 0 aromatic heterocycles. The highest BCUT2D eigenvalue weighted by Crippen LogP contribution is 2.27. The molecule has 1 fully saturated rings. The Labute approximate surface area is 102 Å². The Kier molecular flexibility index (Phi) is 4.73. The highest BCUT2D eigenvalue weighted by Gasteiger charge is 2.23. The van der Waals surface area contributed by atoms with E-state index in [9.17, 15) is 9.59 Å². The fourth-order valence-corrected chi connectivity index (χ4v) is 2.22. The first kappa shape index (κ1) is 13.7. The van der Waals surface area contributed by atoms with E-state index in [-0.39, 0.29) is 17.5 Å². The summed E-state index contributed by atoms with van der Waals surface area (Å²) in [5.74, 6) is -0.757. The van der Waals surface area contributed by atoms with Gasteiger partial charge in [0.1, 0.15) is 0 Å². The summed E-state index contributed by atoms with van der Waals surface area (Å²) in [6, 6.07) is 0.126. The quantitative estimate of drug-likeness (QED) is 0.738. The summed E-state index contributed by atoms with van der Waals surface area (Å²) < 4.78 is 0. The summed E-state index contributed by atoms with van der Waals surface area (Å²) in [5.41, 5.74) is 0.406. The van der Waals surface area contributed by atoms with Crippen LogP contribution in [0.5, 0.6) is 0 Å². The van der Waals surface area contributed by atoms with E-state index < -0.39 is 5.97 Å². The Morgan fingerprint density at radius 3 is 2.18 bits per heavy atom. The Hall–Kier alpha value is -1.32. The first-order chi connectivity index (χ1) is 7.93. The van der Waals surface area contributed by atoms with Gasteiger partial charge < -0.3 is 10.4 Å². The average molecular weight is 239 g/mol. The van der Waals surface area contributed by atoms with Crippen molar-refractivity contribution >= 4 is 11.9 Å². The van der Waals surface area contributed by atoms with Crippen molar-refractivity contribution in [3.63, 3.8) is 0 Å². The van der Waals surface area contributed by atoms with Crippen LogP contribution in [0.2, 0.25) is 0 Å². The maximum Gasteiger partial charge on any atom is 0.331 e. The lowest BCUT2D eigenvalue weighted by Crippen LogP contribution is -2.38. The lowest BCUT2D eigenvalue weighted by molar-refractivity contribution is -0.133. The van der Waals surface area contributed by atoms with Crippen LogP contribution in [-0.2, 0) is 9.59 Å². The van der Waals surface area contributed by atoms with E-state index in [1.54, 1.807) is 6.92 Å². The second kappa shape index (κ2) is 5.84. The van der Waals surface area contributed by atoms with Crippen LogP contribution in [0, 0.1) is 5.92 Å². The second-order valence-electron chi connectivity index (χ2n) is 4.86. The largest absolute Gasteiger partial charge is 0.478 e. The number of rotatable bonds is 4. The third-order valence-electron chi connectivity index (χ3n) is 3.69. The molecular formula is C13H21NO3. The number of nitrogens with one attached hydrogen (secondary N) is 1. The SMILES string of the molecule is CC(C(=O)O)=C(C)C(=O)NC(C)C1CCCC1. The van der Waals surface area contributed by atoms with E-state index in [1.165, 1.54) is 19.8 Å². The number of carbonyl (C=O) groups excluding carboxylic acids is 1. The lowest BCUT2D eigenvalue weighted by Gasteiger charge is -2.20. The molecule has 0 heterocycles. The topological polar surface area (TPSA) is 66.4 Å². The molecule has 1 aliphatic rings. The molecule has 0 aromatic carbocycles. The predicted molar refractivity (Wildman–Crippen MR) is 65.6 cm³/mol. The van der Waals surface area contributed by atoms with Crippen molar-refractivity contribution in [2.45, 2.75) is 52.5 Å². The Morgan fingerprint density at radius 2 is 1.71 bits per heavy atom. The van der Waals surface area contributed by atoms with E-state index in [0.29, 0.717) is 11.5 Å². The van der Waals surface area contributed by atoms with Crippen molar-refractivity contribution in [3.05, 3.63) is 11.1 Å². The summed E-state index contributed by atoms with van der Waals surface area (Å²) in [5, 5.41) is 11.7. The first-order valence-corrected chi connectivity index (χ1v) is 6.15. The molecule has 96 valence electrons. The van der Waals surface area contributed by atoms with Crippen LogP contribution in [0.25, 0.3) is 0 Å². The number of hydrogen-bond acceptors (Lipinski definition) is 2. The van der Waals surface area contributed by atoms with E-state index in [4.69, 9.17) is 5.11 Å². The van der Waals surface area contributed by atoms with Crippen molar-refractivity contribution in [2.24, 2.45) is 5.92 Å². The zero-order chi connectivity index (χ0) is 13.0. The van der Waals surface area contributed by atoms with Gasteiger partial charge in [0.05, 0.1) is 0 Å². The van der Waals surface area contributed by atoms with Gasteiger partial charge >= 0.3 is 5.97 Å². The minimum Gasteiger partial charge on any atom is -0.478 e. The van der Waals surface area contributed by atoms with Crippen LogP contribution in [-0.4, -0.2) is 23.0 Å². The van der Waals surface area contributed by atoms with Crippen LogP contribution in [0.1, 0.15) is 46.5 Å². The standard InChI is InChI=1S/C13H21NO3/c1-8(9(2)13(16)17)12(15)14-10(3)11-6-4-5-7-11/h10-11H,4-7H2,1-3H3,(H,14,15)(H,16,17). The molecule has 1 rings (SSSR count). The van der Waals surface area contributed by atoms with Gasteiger partial charge in [0, 0.05) is 17.2 Å². The van der Waals surface area contributed by atoms with Gasteiger partial charge in [-0.2, -0.15) is 0 Å². The smallest absolute Gasteiger partial charge is 0.331 e. The molecule has 1 saturated carbocycles. The highest BCUT2D eigenvalue weighted by atomic mass is 16.4. The van der Waals surface area contributed by atoms with Crippen LogP contribution in [0.4, 0.5) is 0 Å². The molecule has 0 aromatic rings. The Bertz CT molecular complexity index is 341. The van der Waals surface area contributed by atoms with E-state index in [2.05, 4.69) is 5.32 Å². The van der Waals surface area contributed by atoms with Crippen molar-refractivity contribution in [3.8, 4) is 0 Å². The number of carboxylic acids is 1. The second-order valence-corrected chi connectivity index (χ2v) is 4.86. The molecule has 4 heteroatoms. The maximum atomic E-state index is 11.8. The molecule has 0 bridgehead atoms. The van der Waals surface area contributed by atoms with Gasteiger partial charge in [-0.1, -0.05) is 12.8 Å². The number of carbonyl (C=O) groups is 2. The number of amides is 1. The molecule has 1 amide bonds. The van der Waals surface area contributed by atoms with Gasteiger partial charge in [-0.05, 0) is 39.5 Å². The average Bonchev–Trinajstić information content (AvgIpc) is 2.80. The molecular weight excluding hydrogens is 218 g/mol. The Morgan fingerprint density at radius 1 is 1.18 bits per heavy atom. The van der Waals surface area contributed by atoms with Crippen LogP contribution in [0.3, 0.4) is 0 Å². The van der Waals surface area contributed by atoms with Crippen LogP contribution >= 0.6 is 0 Å². The molecule has 4 nitrogen and oxygen atoms in total. The van der Waals surface area contributed by atoms with E-state index in [1.807, 2.05) is 6.92 Å². The summed E-state index contributed by atoms with van der Waals surface area (Å²) >= 11 is 0. The minimum atomic E-state index is -1.04. The normalized spacial score (nSPS) is 19.7. The summed E-state index contributed by atoms with van der Waals surface area (Å²) in [7, 11) is 0. The zero-order valence-electron chi connectivity index (χ0n) is 10.7. The number of aliphatic carboxylic acids is 1. The van der Waals surface area contributed by atoms with E-state index >= 15 is 0 Å². The van der Waals surface area contributed by atoms with Gasteiger partial charge in [0.15, 0.2) is 0 Å². The highest BCUT2D eigenvalue weighted by molar-refractivity contribution is 6.01. The van der Waals surface area contributed by atoms with Gasteiger partial charge in [0.2, 0.25) is 5.91 Å². The number of hydrogen-bond donors (Lipinski definition) is 2. The van der Waals surface area contributed by atoms with Gasteiger partial charge in [-0.25, -0.2) is 4.79 Å². The van der Waals surface area contributed by atoms with Crippen LogP contribution < -0.4 is 5.32 Å². The number of carboxylic acid groups (broad SMARTS) is 1. The minimum absolute atomic E-state index is 0.112. The third-order valence-corrected chi connectivity index (χ3v) is 3.69. The molecule has 0 aliphatic heterocycles. The van der Waals surface area contributed by atoms with Crippen LogP contribution in [0.15, 0.2) is 11.1 Å². The monoisotopic (exact) mass is 239 g/mol. The fourth-order valence-electron chi connectivity index (χ4n) is 2.22. The van der Waals surface area contributed by atoms with Gasteiger partial charge in [0.25, 0.3) is 0 Å². The maximum absolute atomic E-state index is 11.8. The summed E-state index contributed by atoms with van der Waals surface area (Å²) in [6.07, 6.45) is 4.77. The summed E-state index contributed by atoms with van der Waals surface area (Å²) in [6.45, 7) is 5.01. The fraction of sp³-hybridized carbons (Fsp3) is 0.692. The van der Waals surface area contributed by atoms with Gasteiger partial charge in [-0.3, -0.25) is 4.79 Å². The molecule has 17 heavy (non-hydrogen) atoms. The van der Waals surface area contributed by atoms with E-state index in [0.717, 1.165) is 12.8 Å². The molecule has 2 N–H and O–H groups in total. The molecule has 0 radical (unpaired) electrons. The lowest BCUT2D eigenvalue weighted by atomic mass is 9.99. The zero-order valence-corrected chi connectivity index (χ0v) is 10.7. The van der Waals surface area contributed by atoms with Crippen molar-refractivity contribution in [1.82, 2.24) is 5.32 Å². The molecule has 1 unspecified atom stereocenters.